The number of hydrogen-bond donors (Lipinski definition) is 0. The van der Waals surface area contributed by atoms with E-state index < -0.39 is 0 Å². The normalized spacial score (nSPS) is 9.58. The number of hydrogen-bond acceptors (Lipinski definition) is 2. The van der Waals surface area contributed by atoms with Crippen molar-refractivity contribution in [2.24, 2.45) is 0 Å². The molecule has 0 aliphatic heterocycles. The second kappa shape index (κ2) is 4.23. The molecular formula is C8H6BrIO2. The van der Waals surface area contributed by atoms with E-state index in [2.05, 4.69) is 38.5 Å². The molecule has 0 heterocycles. The van der Waals surface area contributed by atoms with E-state index in [-0.39, 0.29) is 0 Å². The van der Waals surface area contributed by atoms with Crippen molar-refractivity contribution in [1.29, 1.82) is 0 Å². The first-order chi connectivity index (χ1) is 5.69. The van der Waals surface area contributed by atoms with E-state index in [4.69, 9.17) is 4.74 Å². The van der Waals surface area contributed by atoms with E-state index in [1.54, 1.807) is 13.2 Å². The third kappa shape index (κ3) is 1.98. The number of carbonyl (C=O) groups is 1. The Balaban J connectivity index is 3.25. The van der Waals surface area contributed by atoms with Crippen LogP contribution in [0, 0.1) is 3.57 Å². The van der Waals surface area contributed by atoms with E-state index in [0.717, 1.165) is 20.1 Å². The number of rotatable bonds is 2. The summed E-state index contributed by atoms with van der Waals surface area (Å²) in [5.74, 6) is 0.741. The zero-order valence-electron chi connectivity index (χ0n) is 6.30. The molecule has 12 heavy (non-hydrogen) atoms. The Bertz CT molecular complexity index is 312. The third-order valence-electron chi connectivity index (χ3n) is 1.40. The van der Waals surface area contributed by atoms with Gasteiger partial charge in [0.1, 0.15) is 5.75 Å². The van der Waals surface area contributed by atoms with Crippen LogP contribution in [0.3, 0.4) is 0 Å². The Morgan fingerprint density at radius 2 is 2.25 bits per heavy atom. The van der Waals surface area contributed by atoms with Gasteiger partial charge in [-0.05, 0) is 50.7 Å². The van der Waals surface area contributed by atoms with Crippen LogP contribution in [-0.2, 0) is 0 Å². The van der Waals surface area contributed by atoms with Gasteiger partial charge < -0.3 is 4.74 Å². The molecule has 0 aliphatic rings. The number of carbonyl (C=O) groups excluding carboxylic acids is 1. The number of halogens is 2. The quantitative estimate of drug-likeness (QED) is 0.611. The molecule has 0 bridgehead atoms. The largest absolute Gasteiger partial charge is 0.496 e. The smallest absolute Gasteiger partial charge is 0.151 e. The second-order valence-electron chi connectivity index (χ2n) is 2.13. The molecule has 0 fully saturated rings. The van der Waals surface area contributed by atoms with Crippen LogP contribution in [0.4, 0.5) is 0 Å². The van der Waals surface area contributed by atoms with Gasteiger partial charge in [0, 0.05) is 9.13 Å². The Hall–Kier alpha value is -0.100. The summed E-state index contributed by atoms with van der Waals surface area (Å²) >= 11 is 5.39. The minimum atomic E-state index is 0.670. The second-order valence-corrected chi connectivity index (χ2v) is 4.14. The standard InChI is InChI=1S/C8H6BrIO2/c1-12-8-3-7(10)5(4-11)2-6(8)9/h2-4H,1H3. The summed E-state index contributed by atoms with van der Waals surface area (Å²) in [6.07, 6.45) is 0.825. The van der Waals surface area contributed by atoms with Crippen molar-refractivity contribution < 1.29 is 9.53 Å². The Morgan fingerprint density at radius 3 is 2.75 bits per heavy atom. The molecule has 1 rings (SSSR count). The SMILES string of the molecule is COc1cc(I)c(C=O)cc1Br. The first-order valence-corrected chi connectivity index (χ1v) is 5.04. The molecule has 64 valence electrons. The highest BCUT2D eigenvalue weighted by Gasteiger charge is 2.05. The van der Waals surface area contributed by atoms with Crippen LogP contribution < -0.4 is 4.74 Å². The number of ether oxygens (including phenoxy) is 1. The van der Waals surface area contributed by atoms with E-state index in [1.165, 1.54) is 0 Å². The van der Waals surface area contributed by atoms with Crippen LogP contribution in [0.5, 0.6) is 5.75 Å². The van der Waals surface area contributed by atoms with Gasteiger partial charge in [-0.2, -0.15) is 0 Å². The molecule has 2 nitrogen and oxygen atoms in total. The molecule has 0 amide bonds. The van der Waals surface area contributed by atoms with Crippen LogP contribution in [-0.4, -0.2) is 13.4 Å². The maximum Gasteiger partial charge on any atom is 0.151 e. The maximum atomic E-state index is 10.5. The van der Waals surface area contributed by atoms with Gasteiger partial charge in [0.2, 0.25) is 0 Å². The number of aldehydes is 1. The zero-order chi connectivity index (χ0) is 9.14. The lowest BCUT2D eigenvalue weighted by molar-refractivity contribution is 0.112. The highest BCUT2D eigenvalue weighted by atomic mass is 127. The number of benzene rings is 1. The van der Waals surface area contributed by atoms with Crippen LogP contribution in [0.2, 0.25) is 0 Å². The molecular weight excluding hydrogens is 335 g/mol. The summed E-state index contributed by atoms with van der Waals surface area (Å²) in [7, 11) is 1.59. The fourth-order valence-corrected chi connectivity index (χ4v) is 1.88. The molecule has 0 atom stereocenters. The van der Waals surface area contributed by atoms with Crippen molar-refractivity contribution in [3.63, 3.8) is 0 Å². The topological polar surface area (TPSA) is 26.3 Å². The predicted octanol–water partition coefficient (Wildman–Crippen LogP) is 2.87. The lowest BCUT2D eigenvalue weighted by Crippen LogP contribution is -1.90. The highest BCUT2D eigenvalue weighted by Crippen LogP contribution is 2.28. The van der Waals surface area contributed by atoms with Crippen LogP contribution in [0.15, 0.2) is 16.6 Å². The van der Waals surface area contributed by atoms with Gasteiger partial charge in [0.05, 0.1) is 11.6 Å². The van der Waals surface area contributed by atoms with Gasteiger partial charge in [-0.3, -0.25) is 4.79 Å². The molecule has 0 radical (unpaired) electrons. The zero-order valence-corrected chi connectivity index (χ0v) is 10.0. The first-order valence-electron chi connectivity index (χ1n) is 3.17. The fourth-order valence-electron chi connectivity index (χ4n) is 0.791. The Kier molecular flexibility index (Phi) is 3.52. The molecule has 0 aliphatic carbocycles. The van der Waals surface area contributed by atoms with E-state index in [0.29, 0.717) is 5.56 Å². The fraction of sp³-hybridized carbons (Fsp3) is 0.125. The summed E-state index contributed by atoms with van der Waals surface area (Å²) in [6.45, 7) is 0. The maximum absolute atomic E-state index is 10.5. The Morgan fingerprint density at radius 1 is 1.58 bits per heavy atom. The van der Waals surface area contributed by atoms with Crippen LogP contribution in [0.25, 0.3) is 0 Å². The highest BCUT2D eigenvalue weighted by molar-refractivity contribution is 14.1. The van der Waals surface area contributed by atoms with Crippen molar-refractivity contribution >= 4 is 44.8 Å². The molecule has 0 saturated carbocycles. The van der Waals surface area contributed by atoms with Crippen molar-refractivity contribution in [2.45, 2.75) is 0 Å². The van der Waals surface area contributed by atoms with Crippen molar-refractivity contribution in [2.75, 3.05) is 7.11 Å². The summed E-state index contributed by atoms with van der Waals surface area (Å²) in [5.41, 5.74) is 0.670. The van der Waals surface area contributed by atoms with Gasteiger partial charge in [0.25, 0.3) is 0 Å². The Labute approximate surface area is 92.6 Å². The van der Waals surface area contributed by atoms with E-state index >= 15 is 0 Å². The van der Waals surface area contributed by atoms with Crippen molar-refractivity contribution in [1.82, 2.24) is 0 Å². The van der Waals surface area contributed by atoms with Gasteiger partial charge in [-0.1, -0.05) is 0 Å². The van der Waals surface area contributed by atoms with Gasteiger partial charge in [-0.25, -0.2) is 0 Å². The lowest BCUT2D eigenvalue weighted by Gasteiger charge is -2.04. The number of methoxy groups -OCH3 is 1. The summed E-state index contributed by atoms with van der Waals surface area (Å²) in [4.78, 5) is 10.5. The monoisotopic (exact) mass is 340 g/mol. The minimum Gasteiger partial charge on any atom is -0.496 e. The molecule has 0 N–H and O–H groups in total. The average molecular weight is 341 g/mol. The molecule has 0 spiro atoms. The lowest BCUT2D eigenvalue weighted by atomic mass is 10.2. The van der Waals surface area contributed by atoms with Gasteiger partial charge in [-0.15, -0.1) is 0 Å². The molecule has 4 heteroatoms. The van der Waals surface area contributed by atoms with Crippen LogP contribution >= 0.6 is 38.5 Å². The minimum absolute atomic E-state index is 0.670. The summed E-state index contributed by atoms with van der Waals surface area (Å²) in [5, 5.41) is 0. The van der Waals surface area contributed by atoms with Gasteiger partial charge >= 0.3 is 0 Å². The van der Waals surface area contributed by atoms with Crippen molar-refractivity contribution in [3.05, 3.63) is 25.7 Å². The van der Waals surface area contributed by atoms with E-state index in [9.17, 15) is 4.79 Å². The van der Waals surface area contributed by atoms with Crippen LogP contribution in [0.1, 0.15) is 10.4 Å². The molecule has 0 aromatic heterocycles. The summed E-state index contributed by atoms with van der Waals surface area (Å²) < 4.78 is 6.75. The van der Waals surface area contributed by atoms with Gasteiger partial charge in [0.15, 0.2) is 6.29 Å². The molecule has 1 aromatic rings. The molecule has 1 aromatic carbocycles. The first kappa shape index (κ1) is 9.98. The molecule has 0 saturated heterocycles. The predicted molar refractivity (Wildman–Crippen MR) is 58.8 cm³/mol. The summed E-state index contributed by atoms with van der Waals surface area (Å²) in [6, 6.07) is 3.56. The third-order valence-corrected chi connectivity index (χ3v) is 2.95. The molecule has 0 unspecified atom stereocenters. The average Bonchev–Trinajstić information content (AvgIpc) is 2.08. The van der Waals surface area contributed by atoms with E-state index in [1.807, 2.05) is 6.07 Å². The van der Waals surface area contributed by atoms with Crippen molar-refractivity contribution in [3.8, 4) is 5.75 Å².